The van der Waals surface area contributed by atoms with E-state index in [4.69, 9.17) is 10.5 Å². The lowest BCUT2D eigenvalue weighted by atomic mass is 9.72. The summed E-state index contributed by atoms with van der Waals surface area (Å²) in [5.41, 5.74) is 7.80. The van der Waals surface area contributed by atoms with E-state index in [0.717, 1.165) is 23.1 Å². The van der Waals surface area contributed by atoms with Gasteiger partial charge in [-0.25, -0.2) is 0 Å². The van der Waals surface area contributed by atoms with E-state index in [9.17, 15) is 4.79 Å². The predicted octanol–water partition coefficient (Wildman–Crippen LogP) is 1.60. The molecule has 0 aromatic heterocycles. The summed E-state index contributed by atoms with van der Waals surface area (Å²) in [5, 5.41) is 3.00. The molecule has 2 aliphatic rings. The van der Waals surface area contributed by atoms with Crippen molar-refractivity contribution in [2.45, 2.75) is 31.5 Å². The quantitative estimate of drug-likeness (QED) is 0.868. The summed E-state index contributed by atoms with van der Waals surface area (Å²) in [4.78, 5) is 12.3. The molecule has 0 bridgehead atoms. The minimum absolute atomic E-state index is 0.0139. The number of ether oxygens (including phenoxy) is 1. The van der Waals surface area contributed by atoms with Crippen molar-refractivity contribution in [1.82, 2.24) is 5.32 Å². The summed E-state index contributed by atoms with van der Waals surface area (Å²) in [5.74, 6) is 0.316. The molecule has 1 aliphatic heterocycles. The lowest BCUT2D eigenvalue weighted by Crippen LogP contribution is -2.68. The van der Waals surface area contributed by atoms with Gasteiger partial charge >= 0.3 is 0 Å². The molecule has 1 saturated heterocycles. The second-order valence-electron chi connectivity index (χ2n) is 5.35. The smallest absolute Gasteiger partial charge is 0.252 e. The normalized spacial score (nSPS) is 32.6. The zero-order valence-corrected chi connectivity index (χ0v) is 12.3. The summed E-state index contributed by atoms with van der Waals surface area (Å²) >= 11 is 3.41. The number of rotatable bonds is 2. The van der Waals surface area contributed by atoms with E-state index in [0.29, 0.717) is 11.5 Å². The van der Waals surface area contributed by atoms with E-state index in [2.05, 4.69) is 21.2 Å². The maximum atomic E-state index is 12.3. The maximum Gasteiger partial charge on any atom is 0.252 e. The number of carbonyl (C=O) groups excluding carboxylic acids is 1. The third-order valence-corrected chi connectivity index (χ3v) is 4.80. The van der Waals surface area contributed by atoms with Crippen LogP contribution in [0.2, 0.25) is 0 Å². The molecule has 4 atom stereocenters. The Labute approximate surface area is 120 Å². The van der Waals surface area contributed by atoms with Gasteiger partial charge in [0, 0.05) is 23.0 Å². The second-order valence-corrected chi connectivity index (χ2v) is 6.20. The van der Waals surface area contributed by atoms with Gasteiger partial charge in [0.1, 0.15) is 0 Å². The molecule has 4 nitrogen and oxygen atoms in total. The first-order valence-corrected chi connectivity index (χ1v) is 7.31. The first-order valence-electron chi connectivity index (χ1n) is 6.52. The molecule has 0 radical (unpaired) electrons. The van der Waals surface area contributed by atoms with Crippen LogP contribution in [0, 0.1) is 12.8 Å². The van der Waals surface area contributed by atoms with E-state index < -0.39 is 0 Å². The van der Waals surface area contributed by atoms with Crippen LogP contribution in [0.25, 0.3) is 0 Å². The largest absolute Gasteiger partial charge is 0.376 e. The molecule has 1 amide bonds. The zero-order valence-electron chi connectivity index (χ0n) is 10.7. The summed E-state index contributed by atoms with van der Waals surface area (Å²) in [6, 6.07) is 5.68. The van der Waals surface area contributed by atoms with Crippen LogP contribution in [0.5, 0.6) is 0 Å². The van der Waals surface area contributed by atoms with Gasteiger partial charge in [-0.05, 0) is 41.4 Å². The Hall–Kier alpha value is -0.910. The van der Waals surface area contributed by atoms with Gasteiger partial charge in [0.05, 0.1) is 17.7 Å². The van der Waals surface area contributed by atoms with Gasteiger partial charge in [0.15, 0.2) is 0 Å². The highest BCUT2D eigenvalue weighted by molar-refractivity contribution is 9.10. The monoisotopic (exact) mass is 324 g/mol. The molecule has 1 aromatic rings. The summed E-state index contributed by atoms with van der Waals surface area (Å²) in [6.07, 6.45) is 1.11. The molecule has 1 aliphatic carbocycles. The van der Waals surface area contributed by atoms with Gasteiger partial charge in [0.2, 0.25) is 0 Å². The van der Waals surface area contributed by atoms with Gasteiger partial charge < -0.3 is 15.8 Å². The maximum absolute atomic E-state index is 12.3. The van der Waals surface area contributed by atoms with Crippen LogP contribution in [0.15, 0.2) is 22.7 Å². The van der Waals surface area contributed by atoms with Gasteiger partial charge in [-0.2, -0.15) is 0 Å². The van der Waals surface area contributed by atoms with Crippen molar-refractivity contribution in [1.29, 1.82) is 0 Å². The fourth-order valence-electron chi connectivity index (χ4n) is 2.97. The van der Waals surface area contributed by atoms with Crippen LogP contribution in [0.1, 0.15) is 22.3 Å². The number of hydrogen-bond donors (Lipinski definition) is 2. The first kappa shape index (κ1) is 13.1. The molecule has 3 N–H and O–H groups in total. The summed E-state index contributed by atoms with van der Waals surface area (Å²) in [7, 11) is 0. The molecule has 5 heteroatoms. The van der Waals surface area contributed by atoms with Crippen molar-refractivity contribution in [3.05, 3.63) is 33.8 Å². The van der Waals surface area contributed by atoms with Crippen LogP contribution in [-0.4, -0.2) is 30.7 Å². The molecule has 3 rings (SSSR count). The van der Waals surface area contributed by atoms with Crippen molar-refractivity contribution in [3.8, 4) is 0 Å². The van der Waals surface area contributed by atoms with Gasteiger partial charge in [0.25, 0.3) is 5.91 Å². The number of fused-ring (bicyclic) bond motifs is 1. The molecule has 4 unspecified atom stereocenters. The molecular weight excluding hydrogens is 308 g/mol. The van der Waals surface area contributed by atoms with E-state index in [1.54, 1.807) is 0 Å². The van der Waals surface area contributed by atoms with Gasteiger partial charge in [-0.3, -0.25) is 4.79 Å². The molecule has 2 fully saturated rings. The minimum Gasteiger partial charge on any atom is -0.376 e. The van der Waals surface area contributed by atoms with Crippen molar-refractivity contribution >= 4 is 21.8 Å². The highest BCUT2D eigenvalue weighted by atomic mass is 79.9. The predicted molar refractivity (Wildman–Crippen MR) is 76.0 cm³/mol. The lowest BCUT2D eigenvalue weighted by Gasteiger charge is -2.45. The number of benzene rings is 1. The highest BCUT2D eigenvalue weighted by Crippen LogP contribution is 2.37. The topological polar surface area (TPSA) is 64.4 Å². The Morgan fingerprint density at radius 3 is 3.11 bits per heavy atom. The Morgan fingerprint density at radius 2 is 2.32 bits per heavy atom. The van der Waals surface area contributed by atoms with Crippen molar-refractivity contribution < 1.29 is 9.53 Å². The van der Waals surface area contributed by atoms with Crippen molar-refractivity contribution in [3.63, 3.8) is 0 Å². The lowest BCUT2D eigenvalue weighted by molar-refractivity contribution is -0.0161. The number of carbonyl (C=O) groups is 1. The van der Waals surface area contributed by atoms with Gasteiger partial charge in [-0.15, -0.1) is 0 Å². The van der Waals surface area contributed by atoms with Gasteiger partial charge in [-0.1, -0.05) is 11.6 Å². The SMILES string of the molecule is Cc1ccc(Br)c(C(=O)NC2C(N)C3CCOC32)c1. The fourth-order valence-corrected chi connectivity index (χ4v) is 3.40. The molecule has 1 heterocycles. The number of amides is 1. The van der Waals surface area contributed by atoms with Crippen LogP contribution in [-0.2, 0) is 4.74 Å². The molecular formula is C14H17BrN2O2. The molecule has 19 heavy (non-hydrogen) atoms. The molecule has 1 aromatic carbocycles. The third kappa shape index (κ3) is 2.20. The standard InChI is InChI=1S/C14H17BrN2O2/c1-7-2-3-10(15)9(6-7)14(18)17-12-11(16)8-4-5-19-13(8)12/h2-3,6,8,11-13H,4-5,16H2,1H3,(H,17,18). The number of aryl methyl sites for hydroxylation is 1. The number of nitrogens with two attached hydrogens (primary N) is 1. The average molecular weight is 325 g/mol. The molecule has 0 spiro atoms. The average Bonchev–Trinajstić information content (AvgIpc) is 2.83. The number of halogens is 1. The van der Waals surface area contributed by atoms with E-state index >= 15 is 0 Å². The van der Waals surface area contributed by atoms with E-state index in [1.165, 1.54) is 0 Å². The first-order chi connectivity index (χ1) is 9.08. The van der Waals surface area contributed by atoms with Crippen LogP contribution < -0.4 is 11.1 Å². The van der Waals surface area contributed by atoms with Crippen LogP contribution in [0.4, 0.5) is 0 Å². The van der Waals surface area contributed by atoms with Crippen molar-refractivity contribution in [2.24, 2.45) is 11.7 Å². The Morgan fingerprint density at radius 1 is 1.53 bits per heavy atom. The Bertz CT molecular complexity index is 520. The summed E-state index contributed by atoms with van der Waals surface area (Å²) < 4.78 is 6.42. The Balaban J connectivity index is 1.73. The second kappa shape index (κ2) is 4.89. The molecule has 102 valence electrons. The zero-order chi connectivity index (χ0) is 13.6. The number of hydrogen-bond acceptors (Lipinski definition) is 3. The minimum atomic E-state index is -0.0926. The highest BCUT2D eigenvalue weighted by Gasteiger charge is 2.52. The third-order valence-electron chi connectivity index (χ3n) is 4.11. The number of nitrogens with one attached hydrogen (secondary N) is 1. The molecule has 1 saturated carbocycles. The van der Waals surface area contributed by atoms with Crippen LogP contribution in [0.3, 0.4) is 0 Å². The van der Waals surface area contributed by atoms with Crippen molar-refractivity contribution in [2.75, 3.05) is 6.61 Å². The Kier molecular flexibility index (Phi) is 3.37. The summed E-state index contributed by atoms with van der Waals surface area (Å²) in [6.45, 7) is 2.72. The van der Waals surface area contributed by atoms with E-state index in [-0.39, 0.29) is 24.1 Å². The van der Waals surface area contributed by atoms with E-state index in [1.807, 2.05) is 25.1 Å². The van der Waals surface area contributed by atoms with Crippen LogP contribution >= 0.6 is 15.9 Å². The fraction of sp³-hybridized carbons (Fsp3) is 0.500.